The van der Waals surface area contributed by atoms with Crippen LogP contribution in [0.3, 0.4) is 0 Å². The zero-order chi connectivity index (χ0) is 13.7. The summed E-state index contributed by atoms with van der Waals surface area (Å²) in [4.78, 5) is 8.48. The van der Waals surface area contributed by atoms with Gasteiger partial charge in [-0.3, -0.25) is 0 Å². The Morgan fingerprint density at radius 3 is 2.79 bits per heavy atom. The summed E-state index contributed by atoms with van der Waals surface area (Å²) in [5.41, 5.74) is 7.28. The molecule has 0 saturated carbocycles. The first kappa shape index (κ1) is 13.5. The highest BCUT2D eigenvalue weighted by atomic mass is 16.5. The van der Waals surface area contributed by atoms with Gasteiger partial charge in [-0.05, 0) is 18.4 Å². The molecule has 0 aliphatic rings. The standard InChI is InChI=1S/C14H20N4O/c1-18-8-7-16-13(18)5-4-12(15)9-11-3-6-14(19-2)17-10-11/h3,6-8,10,12H,4-5,9,15H2,1-2H3. The van der Waals surface area contributed by atoms with Crippen molar-refractivity contribution in [1.29, 1.82) is 0 Å². The van der Waals surface area contributed by atoms with Gasteiger partial charge in [0.1, 0.15) is 5.82 Å². The number of pyridine rings is 1. The van der Waals surface area contributed by atoms with Crippen LogP contribution in [0.15, 0.2) is 30.7 Å². The predicted molar refractivity (Wildman–Crippen MR) is 74.0 cm³/mol. The Morgan fingerprint density at radius 1 is 1.37 bits per heavy atom. The van der Waals surface area contributed by atoms with Crippen LogP contribution in [-0.2, 0) is 19.9 Å². The van der Waals surface area contributed by atoms with E-state index in [4.69, 9.17) is 10.5 Å². The molecule has 2 rings (SSSR count). The lowest BCUT2D eigenvalue weighted by Gasteiger charge is -2.11. The minimum absolute atomic E-state index is 0.117. The molecule has 0 radical (unpaired) electrons. The van der Waals surface area contributed by atoms with E-state index in [-0.39, 0.29) is 6.04 Å². The number of nitrogens with zero attached hydrogens (tertiary/aromatic N) is 3. The zero-order valence-electron chi connectivity index (χ0n) is 11.4. The Bertz CT molecular complexity index is 506. The van der Waals surface area contributed by atoms with Crippen molar-refractivity contribution in [1.82, 2.24) is 14.5 Å². The Labute approximate surface area is 113 Å². The monoisotopic (exact) mass is 260 g/mol. The van der Waals surface area contributed by atoms with Crippen LogP contribution in [0.1, 0.15) is 17.8 Å². The largest absolute Gasteiger partial charge is 0.481 e. The van der Waals surface area contributed by atoms with Crippen molar-refractivity contribution in [2.75, 3.05) is 7.11 Å². The van der Waals surface area contributed by atoms with Crippen LogP contribution in [0, 0.1) is 0 Å². The van der Waals surface area contributed by atoms with Gasteiger partial charge in [-0.1, -0.05) is 6.07 Å². The average molecular weight is 260 g/mol. The fraction of sp³-hybridized carbons (Fsp3) is 0.429. The number of ether oxygens (including phenoxy) is 1. The fourth-order valence-corrected chi connectivity index (χ4v) is 2.01. The van der Waals surface area contributed by atoms with Crippen LogP contribution in [0.5, 0.6) is 5.88 Å². The van der Waals surface area contributed by atoms with Crippen LogP contribution in [-0.4, -0.2) is 27.7 Å². The maximum absolute atomic E-state index is 6.15. The molecule has 1 atom stereocenters. The summed E-state index contributed by atoms with van der Waals surface area (Å²) in [6.45, 7) is 0. The summed E-state index contributed by atoms with van der Waals surface area (Å²) in [5, 5.41) is 0. The number of hydrogen-bond acceptors (Lipinski definition) is 4. The number of methoxy groups -OCH3 is 1. The highest BCUT2D eigenvalue weighted by Gasteiger charge is 2.07. The van der Waals surface area contributed by atoms with Gasteiger partial charge in [0.25, 0.3) is 0 Å². The van der Waals surface area contributed by atoms with E-state index < -0.39 is 0 Å². The Morgan fingerprint density at radius 2 is 2.21 bits per heavy atom. The van der Waals surface area contributed by atoms with E-state index >= 15 is 0 Å². The van der Waals surface area contributed by atoms with Gasteiger partial charge >= 0.3 is 0 Å². The SMILES string of the molecule is COc1ccc(CC(N)CCc2nccn2C)cn1. The number of rotatable bonds is 6. The van der Waals surface area contributed by atoms with Crippen molar-refractivity contribution < 1.29 is 4.74 Å². The molecule has 0 bridgehead atoms. The molecule has 19 heavy (non-hydrogen) atoms. The molecule has 2 aromatic rings. The number of imidazole rings is 1. The molecule has 2 N–H and O–H groups in total. The molecular formula is C14H20N4O. The van der Waals surface area contributed by atoms with Gasteiger partial charge in [0.05, 0.1) is 7.11 Å². The van der Waals surface area contributed by atoms with E-state index in [0.717, 1.165) is 30.7 Å². The van der Waals surface area contributed by atoms with E-state index in [1.165, 1.54) is 0 Å². The first-order valence-corrected chi connectivity index (χ1v) is 6.39. The second kappa shape index (κ2) is 6.33. The lowest BCUT2D eigenvalue weighted by Crippen LogP contribution is -2.24. The van der Waals surface area contributed by atoms with Crippen LogP contribution in [0.25, 0.3) is 0 Å². The first-order valence-electron chi connectivity index (χ1n) is 6.39. The molecule has 0 aliphatic heterocycles. The molecule has 0 saturated heterocycles. The third-order valence-electron chi connectivity index (χ3n) is 3.16. The van der Waals surface area contributed by atoms with E-state index in [2.05, 4.69) is 9.97 Å². The summed E-state index contributed by atoms with van der Waals surface area (Å²) < 4.78 is 7.06. The van der Waals surface area contributed by atoms with Crippen LogP contribution in [0.2, 0.25) is 0 Å². The van der Waals surface area contributed by atoms with Crippen molar-refractivity contribution in [3.05, 3.63) is 42.1 Å². The van der Waals surface area contributed by atoms with Crippen molar-refractivity contribution in [2.24, 2.45) is 12.8 Å². The molecule has 0 fully saturated rings. The normalized spacial score (nSPS) is 12.4. The van der Waals surface area contributed by atoms with Crippen molar-refractivity contribution in [3.63, 3.8) is 0 Å². The van der Waals surface area contributed by atoms with Crippen LogP contribution < -0.4 is 10.5 Å². The van der Waals surface area contributed by atoms with Crippen molar-refractivity contribution in [2.45, 2.75) is 25.3 Å². The van der Waals surface area contributed by atoms with Crippen molar-refractivity contribution >= 4 is 0 Å². The lowest BCUT2D eigenvalue weighted by molar-refractivity contribution is 0.397. The molecule has 2 aromatic heterocycles. The van der Waals surface area contributed by atoms with Gasteiger partial charge in [-0.25, -0.2) is 9.97 Å². The second-order valence-corrected chi connectivity index (χ2v) is 4.67. The highest BCUT2D eigenvalue weighted by molar-refractivity contribution is 5.18. The summed E-state index contributed by atoms with van der Waals surface area (Å²) in [6.07, 6.45) is 8.22. The molecule has 5 heteroatoms. The summed E-state index contributed by atoms with van der Waals surface area (Å²) in [5.74, 6) is 1.70. The van der Waals surface area contributed by atoms with E-state index in [0.29, 0.717) is 5.88 Å². The van der Waals surface area contributed by atoms with Crippen molar-refractivity contribution in [3.8, 4) is 5.88 Å². The van der Waals surface area contributed by atoms with Gasteiger partial charge in [-0.2, -0.15) is 0 Å². The second-order valence-electron chi connectivity index (χ2n) is 4.67. The Balaban J connectivity index is 1.83. The minimum atomic E-state index is 0.117. The number of hydrogen-bond donors (Lipinski definition) is 1. The molecule has 0 amide bonds. The molecule has 0 aliphatic carbocycles. The fourth-order valence-electron chi connectivity index (χ4n) is 2.01. The predicted octanol–water partition coefficient (Wildman–Crippen LogP) is 1.33. The van der Waals surface area contributed by atoms with E-state index in [1.807, 2.05) is 42.3 Å². The van der Waals surface area contributed by atoms with Gasteiger partial charge < -0.3 is 15.0 Å². The maximum atomic E-state index is 6.15. The number of aromatic nitrogens is 3. The molecule has 5 nitrogen and oxygen atoms in total. The minimum Gasteiger partial charge on any atom is -0.481 e. The molecular weight excluding hydrogens is 240 g/mol. The third kappa shape index (κ3) is 3.79. The molecule has 0 aromatic carbocycles. The smallest absolute Gasteiger partial charge is 0.212 e. The topological polar surface area (TPSA) is 66.0 Å². The number of nitrogens with two attached hydrogens (primary N) is 1. The average Bonchev–Trinajstić information content (AvgIpc) is 2.83. The highest BCUT2D eigenvalue weighted by Crippen LogP contribution is 2.10. The first-order chi connectivity index (χ1) is 9.19. The summed E-state index contributed by atoms with van der Waals surface area (Å²) in [6, 6.07) is 3.99. The zero-order valence-corrected chi connectivity index (χ0v) is 11.4. The third-order valence-corrected chi connectivity index (χ3v) is 3.16. The van der Waals surface area contributed by atoms with E-state index in [9.17, 15) is 0 Å². The quantitative estimate of drug-likeness (QED) is 0.851. The Kier molecular flexibility index (Phi) is 4.52. The van der Waals surface area contributed by atoms with Crippen LogP contribution >= 0.6 is 0 Å². The van der Waals surface area contributed by atoms with Gasteiger partial charge in [0.15, 0.2) is 0 Å². The summed E-state index contributed by atoms with van der Waals surface area (Å²) >= 11 is 0. The number of aryl methyl sites for hydroxylation is 2. The molecule has 102 valence electrons. The van der Waals surface area contributed by atoms with Gasteiger partial charge in [0.2, 0.25) is 5.88 Å². The van der Waals surface area contributed by atoms with E-state index in [1.54, 1.807) is 7.11 Å². The van der Waals surface area contributed by atoms with Gasteiger partial charge in [0, 0.05) is 44.2 Å². The Hall–Kier alpha value is -1.88. The lowest BCUT2D eigenvalue weighted by atomic mass is 10.0. The van der Waals surface area contributed by atoms with Crippen LogP contribution in [0.4, 0.5) is 0 Å². The maximum Gasteiger partial charge on any atom is 0.212 e. The molecule has 2 heterocycles. The molecule has 1 unspecified atom stereocenters. The van der Waals surface area contributed by atoms with Gasteiger partial charge in [-0.15, -0.1) is 0 Å². The molecule has 0 spiro atoms. The summed E-state index contributed by atoms with van der Waals surface area (Å²) in [7, 11) is 3.61.